The lowest BCUT2D eigenvalue weighted by atomic mass is 10.1. The van der Waals surface area contributed by atoms with Gasteiger partial charge in [0.25, 0.3) is 11.8 Å². The number of nitrogens with zero attached hydrogens (tertiary/aromatic N) is 2. The Morgan fingerprint density at radius 2 is 1.82 bits per heavy atom. The first-order valence-electron chi connectivity index (χ1n) is 8.38. The van der Waals surface area contributed by atoms with Crippen LogP contribution in [0, 0.1) is 3.57 Å². The van der Waals surface area contributed by atoms with Crippen molar-refractivity contribution in [1.82, 2.24) is 4.90 Å². The molecule has 28 heavy (non-hydrogen) atoms. The summed E-state index contributed by atoms with van der Waals surface area (Å²) in [5.41, 5.74) is 1.33. The average Bonchev–Trinajstić information content (AvgIpc) is 2.67. The maximum absolute atomic E-state index is 13.2. The Kier molecular flexibility index (Phi) is 6.36. The number of methoxy groups -OCH3 is 1. The molecule has 0 bridgehead atoms. The molecule has 2 aromatic rings. The molecule has 0 aliphatic carbocycles. The summed E-state index contributed by atoms with van der Waals surface area (Å²) in [6.07, 6.45) is 1.58. The van der Waals surface area contributed by atoms with Gasteiger partial charge in [0.2, 0.25) is 0 Å². The maximum atomic E-state index is 13.2. The summed E-state index contributed by atoms with van der Waals surface area (Å²) in [6.45, 7) is 2.17. The highest BCUT2D eigenvalue weighted by molar-refractivity contribution is 14.1. The Hall–Kier alpha value is -1.97. The Bertz CT molecular complexity index is 991. The molecule has 3 rings (SSSR count). The van der Waals surface area contributed by atoms with Crippen molar-refractivity contribution in [3.05, 3.63) is 62.2 Å². The van der Waals surface area contributed by atoms with E-state index in [1.165, 1.54) is 9.80 Å². The van der Waals surface area contributed by atoms with Crippen LogP contribution >= 0.6 is 46.4 Å². The van der Waals surface area contributed by atoms with Crippen LogP contribution in [0.3, 0.4) is 0 Å². The van der Waals surface area contributed by atoms with E-state index in [1.54, 1.807) is 49.6 Å². The van der Waals surface area contributed by atoms with Crippen LogP contribution < -0.4 is 9.64 Å². The van der Waals surface area contributed by atoms with Gasteiger partial charge in [-0.1, -0.05) is 17.7 Å². The first-order chi connectivity index (χ1) is 13.4. The van der Waals surface area contributed by atoms with E-state index in [9.17, 15) is 9.59 Å². The largest absolute Gasteiger partial charge is 0.496 e. The molecule has 0 saturated carbocycles. The van der Waals surface area contributed by atoms with Crippen molar-refractivity contribution < 1.29 is 14.3 Å². The van der Waals surface area contributed by atoms with Crippen LogP contribution in [0.15, 0.2) is 48.0 Å². The zero-order valence-corrected chi connectivity index (χ0v) is 18.8. The number of hydrogen-bond acceptors (Lipinski definition) is 4. The Labute approximate surface area is 187 Å². The summed E-state index contributed by atoms with van der Waals surface area (Å²) in [7, 11) is 1.59. The van der Waals surface area contributed by atoms with E-state index < -0.39 is 11.8 Å². The number of carbonyl (C=O) groups is 2. The molecule has 0 atom stereocenters. The molecule has 0 spiro atoms. The summed E-state index contributed by atoms with van der Waals surface area (Å²) in [4.78, 5) is 28.8. The Morgan fingerprint density at radius 3 is 2.39 bits per heavy atom. The van der Waals surface area contributed by atoms with Gasteiger partial charge in [0.1, 0.15) is 11.3 Å². The van der Waals surface area contributed by atoms with Crippen LogP contribution in [-0.4, -0.2) is 35.5 Å². The van der Waals surface area contributed by atoms with Crippen molar-refractivity contribution in [2.45, 2.75) is 6.92 Å². The quantitative estimate of drug-likeness (QED) is 0.255. The van der Waals surface area contributed by atoms with Gasteiger partial charge < -0.3 is 4.74 Å². The van der Waals surface area contributed by atoms with E-state index in [0.29, 0.717) is 17.3 Å². The molecule has 1 aliphatic heterocycles. The van der Waals surface area contributed by atoms with Gasteiger partial charge in [0.05, 0.1) is 16.4 Å². The Morgan fingerprint density at radius 1 is 1.14 bits per heavy atom. The molecule has 0 N–H and O–H groups in total. The second kappa shape index (κ2) is 8.59. The first kappa shape index (κ1) is 20.8. The van der Waals surface area contributed by atoms with Crippen molar-refractivity contribution in [3.63, 3.8) is 0 Å². The van der Waals surface area contributed by atoms with Crippen LogP contribution in [0.4, 0.5) is 5.69 Å². The Balaban J connectivity index is 2.07. The number of ether oxygens (including phenoxy) is 1. The highest BCUT2D eigenvalue weighted by Gasteiger charge is 2.39. The number of benzene rings is 2. The molecule has 144 valence electrons. The minimum atomic E-state index is -0.465. The molecule has 0 unspecified atom stereocenters. The van der Waals surface area contributed by atoms with Crippen molar-refractivity contribution in [3.8, 4) is 5.75 Å². The van der Waals surface area contributed by atoms with Gasteiger partial charge in [-0.2, -0.15) is 0 Å². The van der Waals surface area contributed by atoms with Crippen LogP contribution in [0.1, 0.15) is 12.5 Å². The zero-order chi connectivity index (χ0) is 20.4. The van der Waals surface area contributed by atoms with Crippen LogP contribution in [0.25, 0.3) is 6.08 Å². The third kappa shape index (κ3) is 3.92. The monoisotopic (exact) mass is 526 g/mol. The van der Waals surface area contributed by atoms with E-state index in [-0.39, 0.29) is 10.7 Å². The number of likely N-dealkylation sites (N-methyl/N-ethyl adjacent to an activating group) is 1. The molecule has 0 radical (unpaired) electrons. The summed E-state index contributed by atoms with van der Waals surface area (Å²) >= 11 is 13.5. The van der Waals surface area contributed by atoms with Gasteiger partial charge in [-0.15, -0.1) is 0 Å². The number of anilines is 1. The SMILES string of the molecule is CCN1C(=O)/C(=C\c2ccc(OC)c(I)c2)C(=O)N(c2ccc(Cl)cc2)C1=S. The first-order valence-corrected chi connectivity index (χ1v) is 10.2. The highest BCUT2D eigenvalue weighted by Crippen LogP contribution is 2.28. The number of thiocarbonyl (C=S) groups is 1. The van der Waals surface area contributed by atoms with Gasteiger partial charge in [-0.25, -0.2) is 0 Å². The van der Waals surface area contributed by atoms with Gasteiger partial charge in [0.15, 0.2) is 5.11 Å². The molecule has 8 heteroatoms. The third-order valence-electron chi connectivity index (χ3n) is 4.22. The topological polar surface area (TPSA) is 49.9 Å². The molecule has 1 fully saturated rings. The van der Waals surface area contributed by atoms with E-state index in [0.717, 1.165) is 14.9 Å². The third-order valence-corrected chi connectivity index (χ3v) is 5.72. The highest BCUT2D eigenvalue weighted by atomic mass is 127. The fourth-order valence-electron chi connectivity index (χ4n) is 2.81. The van der Waals surface area contributed by atoms with E-state index >= 15 is 0 Å². The molecule has 1 aliphatic rings. The van der Waals surface area contributed by atoms with E-state index in [2.05, 4.69) is 22.6 Å². The van der Waals surface area contributed by atoms with E-state index in [4.69, 9.17) is 28.6 Å². The lowest BCUT2D eigenvalue weighted by Crippen LogP contribution is -2.56. The summed E-state index contributed by atoms with van der Waals surface area (Å²) in [5.74, 6) is -0.149. The van der Waals surface area contributed by atoms with Crippen LogP contribution in [0.5, 0.6) is 5.75 Å². The minimum Gasteiger partial charge on any atom is -0.496 e. The van der Waals surface area contributed by atoms with Gasteiger partial charge in [-0.3, -0.25) is 19.4 Å². The standard InChI is InChI=1S/C20H16ClIN2O3S/c1-3-23-18(25)15(10-12-4-9-17(27-2)16(22)11-12)19(26)24(20(23)28)14-7-5-13(21)6-8-14/h4-11H,3H2,1-2H3/b15-10+. The molecule has 1 heterocycles. The summed E-state index contributed by atoms with van der Waals surface area (Å²) in [5, 5.41) is 0.701. The second-order valence-electron chi connectivity index (χ2n) is 5.90. The number of carbonyl (C=O) groups excluding carboxylic acids is 2. The summed E-state index contributed by atoms with van der Waals surface area (Å²) < 4.78 is 6.14. The second-order valence-corrected chi connectivity index (χ2v) is 7.86. The zero-order valence-electron chi connectivity index (χ0n) is 15.1. The van der Waals surface area contributed by atoms with Crippen LogP contribution in [0.2, 0.25) is 5.02 Å². The van der Waals surface area contributed by atoms with Crippen LogP contribution in [-0.2, 0) is 9.59 Å². The fraction of sp³-hybridized carbons (Fsp3) is 0.150. The minimum absolute atomic E-state index is 0.0476. The smallest absolute Gasteiger partial charge is 0.270 e. The fourth-order valence-corrected chi connectivity index (χ4v) is 4.10. The number of hydrogen-bond donors (Lipinski definition) is 0. The lowest BCUT2D eigenvalue weighted by Gasteiger charge is -2.36. The van der Waals surface area contributed by atoms with Crippen molar-refractivity contribution in [1.29, 1.82) is 0 Å². The predicted molar refractivity (Wildman–Crippen MR) is 123 cm³/mol. The van der Waals surface area contributed by atoms with Crippen molar-refractivity contribution >= 4 is 75.1 Å². The van der Waals surface area contributed by atoms with Crippen molar-refractivity contribution in [2.24, 2.45) is 0 Å². The summed E-state index contributed by atoms with van der Waals surface area (Å²) in [6, 6.07) is 12.2. The lowest BCUT2D eigenvalue weighted by molar-refractivity contribution is -0.127. The van der Waals surface area contributed by atoms with Gasteiger partial charge in [0, 0.05) is 11.6 Å². The molecule has 5 nitrogen and oxygen atoms in total. The van der Waals surface area contributed by atoms with E-state index in [1.807, 2.05) is 13.0 Å². The number of rotatable bonds is 4. The average molecular weight is 527 g/mol. The van der Waals surface area contributed by atoms with Gasteiger partial charge >= 0.3 is 0 Å². The number of amides is 2. The van der Waals surface area contributed by atoms with Gasteiger partial charge in [-0.05, 0) is 89.8 Å². The molecule has 2 aromatic carbocycles. The predicted octanol–water partition coefficient (Wildman–Crippen LogP) is 4.52. The molecule has 1 saturated heterocycles. The molecular weight excluding hydrogens is 511 g/mol. The molecule has 0 aromatic heterocycles. The molecular formula is C20H16ClIN2O3S. The van der Waals surface area contributed by atoms with Crippen molar-refractivity contribution in [2.75, 3.05) is 18.6 Å². The number of halogens is 2. The molecule has 2 amide bonds. The maximum Gasteiger partial charge on any atom is 0.270 e. The normalized spacial score (nSPS) is 16.1.